The van der Waals surface area contributed by atoms with Gasteiger partial charge >= 0.3 is 0 Å². The highest BCUT2D eigenvalue weighted by Gasteiger charge is 2.12. The van der Waals surface area contributed by atoms with Crippen LogP contribution in [0.2, 0.25) is 0 Å². The summed E-state index contributed by atoms with van der Waals surface area (Å²) >= 11 is 0. The molecule has 34 heavy (non-hydrogen) atoms. The predicted octanol–water partition coefficient (Wildman–Crippen LogP) is 5.43. The topological polar surface area (TPSA) is 75.2 Å². The minimum Gasteiger partial charge on any atom is -0.493 e. The Morgan fingerprint density at radius 1 is 0.735 bits per heavy atom. The third-order valence-electron chi connectivity index (χ3n) is 5.01. The van der Waals surface area contributed by atoms with Crippen molar-refractivity contribution in [3.8, 4) is 28.7 Å². The monoisotopic (exact) mass is 463 g/mol. The van der Waals surface area contributed by atoms with Crippen LogP contribution in [-0.2, 0) is 11.4 Å². The minimum atomic E-state index is -0.106. The van der Waals surface area contributed by atoms with E-state index in [4.69, 9.17) is 23.7 Å². The van der Waals surface area contributed by atoms with Gasteiger partial charge < -0.3 is 29.0 Å². The number of hydrogen-bond acceptors (Lipinski definition) is 6. The molecule has 3 aromatic carbocycles. The van der Waals surface area contributed by atoms with Crippen LogP contribution in [-0.4, -0.2) is 34.3 Å². The van der Waals surface area contributed by atoms with Gasteiger partial charge in [0.25, 0.3) is 0 Å². The van der Waals surface area contributed by atoms with Gasteiger partial charge in [0.05, 0.1) is 28.4 Å². The Bertz CT molecular complexity index is 1130. The van der Waals surface area contributed by atoms with Gasteiger partial charge in [-0.3, -0.25) is 4.79 Å². The van der Waals surface area contributed by atoms with Crippen molar-refractivity contribution in [3.63, 3.8) is 0 Å². The smallest absolute Gasteiger partial charge is 0.221 e. The number of carbonyl (C=O) groups is 1. The molecule has 0 aliphatic heterocycles. The number of ether oxygens (including phenoxy) is 5. The Kier molecular flexibility index (Phi) is 8.40. The number of hydrogen-bond donors (Lipinski definition) is 1. The molecule has 0 saturated carbocycles. The van der Waals surface area contributed by atoms with E-state index in [0.717, 1.165) is 22.4 Å². The van der Waals surface area contributed by atoms with Crippen LogP contribution in [0.15, 0.2) is 54.6 Å². The molecule has 0 bridgehead atoms. The van der Waals surface area contributed by atoms with Gasteiger partial charge in [-0.05, 0) is 53.1 Å². The zero-order chi connectivity index (χ0) is 24.5. The van der Waals surface area contributed by atoms with Crippen LogP contribution in [0.5, 0.6) is 28.7 Å². The molecule has 0 aliphatic rings. The molecule has 1 amide bonds. The van der Waals surface area contributed by atoms with Gasteiger partial charge in [-0.25, -0.2) is 0 Å². The lowest BCUT2D eigenvalue weighted by atomic mass is 10.1. The van der Waals surface area contributed by atoms with Crippen LogP contribution >= 0.6 is 0 Å². The average Bonchev–Trinajstić information content (AvgIpc) is 2.85. The van der Waals surface area contributed by atoms with E-state index in [1.54, 1.807) is 28.4 Å². The van der Waals surface area contributed by atoms with E-state index in [1.807, 2.05) is 66.7 Å². The number of carbonyl (C=O) groups excluding carboxylic acids is 1. The summed E-state index contributed by atoms with van der Waals surface area (Å²) in [5.74, 6) is 2.88. The van der Waals surface area contributed by atoms with E-state index in [2.05, 4.69) is 5.32 Å². The minimum absolute atomic E-state index is 0.106. The molecule has 0 spiro atoms. The number of anilines is 1. The molecule has 7 heteroatoms. The number of rotatable bonds is 10. The fourth-order valence-electron chi connectivity index (χ4n) is 3.35. The average molecular weight is 464 g/mol. The fourth-order valence-corrected chi connectivity index (χ4v) is 3.35. The maximum atomic E-state index is 11.2. The third kappa shape index (κ3) is 6.22. The van der Waals surface area contributed by atoms with Crippen molar-refractivity contribution in [2.24, 2.45) is 0 Å². The lowest BCUT2D eigenvalue weighted by molar-refractivity contribution is -0.114. The van der Waals surface area contributed by atoms with Gasteiger partial charge in [-0.15, -0.1) is 0 Å². The van der Waals surface area contributed by atoms with Crippen LogP contribution in [0.4, 0.5) is 5.69 Å². The molecular formula is C27H29NO6. The number of nitrogens with one attached hydrogen (secondary N) is 1. The number of methoxy groups -OCH3 is 4. The summed E-state index contributed by atoms with van der Waals surface area (Å²) in [6.45, 7) is 1.84. The summed E-state index contributed by atoms with van der Waals surface area (Å²) < 4.78 is 27.7. The molecule has 3 rings (SSSR count). The molecule has 0 unspecified atom stereocenters. The van der Waals surface area contributed by atoms with E-state index >= 15 is 0 Å². The second-order valence-corrected chi connectivity index (χ2v) is 7.37. The van der Waals surface area contributed by atoms with E-state index in [1.165, 1.54) is 6.92 Å². The van der Waals surface area contributed by atoms with Crippen LogP contribution in [0.3, 0.4) is 0 Å². The zero-order valence-corrected chi connectivity index (χ0v) is 20.0. The first-order valence-electron chi connectivity index (χ1n) is 10.6. The van der Waals surface area contributed by atoms with Gasteiger partial charge in [-0.2, -0.15) is 0 Å². The molecule has 0 aromatic heterocycles. The second-order valence-electron chi connectivity index (χ2n) is 7.37. The summed E-state index contributed by atoms with van der Waals surface area (Å²) in [4.78, 5) is 11.2. The normalized spacial score (nSPS) is 10.6. The largest absolute Gasteiger partial charge is 0.493 e. The highest BCUT2D eigenvalue weighted by molar-refractivity contribution is 5.88. The van der Waals surface area contributed by atoms with E-state index < -0.39 is 0 Å². The Hall–Kier alpha value is -4.13. The molecule has 0 saturated heterocycles. The first kappa shape index (κ1) is 24.5. The van der Waals surface area contributed by atoms with Crippen molar-refractivity contribution in [1.29, 1.82) is 0 Å². The first-order chi connectivity index (χ1) is 16.5. The van der Waals surface area contributed by atoms with Gasteiger partial charge in [-0.1, -0.05) is 30.4 Å². The van der Waals surface area contributed by atoms with E-state index in [0.29, 0.717) is 35.4 Å². The maximum absolute atomic E-state index is 11.2. The van der Waals surface area contributed by atoms with Crippen molar-refractivity contribution >= 4 is 23.7 Å². The highest BCUT2D eigenvalue weighted by atomic mass is 16.5. The van der Waals surface area contributed by atoms with E-state index in [9.17, 15) is 4.79 Å². The van der Waals surface area contributed by atoms with Gasteiger partial charge in [0.2, 0.25) is 11.7 Å². The van der Waals surface area contributed by atoms with Crippen LogP contribution < -0.4 is 29.0 Å². The first-order valence-corrected chi connectivity index (χ1v) is 10.6. The molecule has 0 fully saturated rings. The molecule has 0 radical (unpaired) electrons. The van der Waals surface area contributed by atoms with Crippen LogP contribution in [0.1, 0.15) is 23.6 Å². The lowest BCUT2D eigenvalue weighted by Crippen LogP contribution is -2.05. The fraction of sp³-hybridized carbons (Fsp3) is 0.222. The third-order valence-corrected chi connectivity index (χ3v) is 5.01. The number of benzene rings is 3. The Labute approximate surface area is 199 Å². The SMILES string of the molecule is COc1ccc(/C=C/c2cc(OC)c(OC)c(OC)c2)cc1OCc1ccc(NC(C)=O)cc1. The van der Waals surface area contributed by atoms with Gasteiger partial charge in [0.1, 0.15) is 6.61 Å². The summed E-state index contributed by atoms with van der Waals surface area (Å²) in [6.07, 6.45) is 3.92. The van der Waals surface area contributed by atoms with Crippen molar-refractivity contribution in [3.05, 3.63) is 71.3 Å². The Morgan fingerprint density at radius 2 is 1.32 bits per heavy atom. The maximum Gasteiger partial charge on any atom is 0.221 e. The summed E-state index contributed by atoms with van der Waals surface area (Å²) in [5, 5.41) is 2.75. The van der Waals surface area contributed by atoms with Gasteiger partial charge in [0.15, 0.2) is 23.0 Å². The quantitative estimate of drug-likeness (QED) is 0.404. The summed E-state index contributed by atoms with van der Waals surface area (Å²) in [7, 11) is 6.36. The molecule has 1 N–H and O–H groups in total. The molecular weight excluding hydrogens is 434 g/mol. The van der Waals surface area contributed by atoms with Crippen LogP contribution in [0.25, 0.3) is 12.2 Å². The molecule has 3 aromatic rings. The molecule has 0 heterocycles. The molecule has 7 nitrogen and oxygen atoms in total. The molecule has 178 valence electrons. The Morgan fingerprint density at radius 3 is 1.88 bits per heavy atom. The van der Waals surface area contributed by atoms with Crippen LogP contribution in [0, 0.1) is 0 Å². The summed E-state index contributed by atoms with van der Waals surface area (Å²) in [5.41, 5.74) is 3.54. The van der Waals surface area contributed by atoms with Crippen molar-refractivity contribution in [2.45, 2.75) is 13.5 Å². The standard InChI is InChI=1S/C27H29NO6/c1-18(29)28-22-11-8-20(9-12-22)17-34-24-14-19(10-13-23(24)30-2)6-7-21-15-25(31-3)27(33-5)26(16-21)32-4/h6-16H,17H2,1-5H3,(H,28,29)/b7-6+. The van der Waals surface area contributed by atoms with Gasteiger partial charge in [0, 0.05) is 12.6 Å². The molecule has 0 aliphatic carbocycles. The lowest BCUT2D eigenvalue weighted by Gasteiger charge is -2.13. The second kappa shape index (κ2) is 11.7. The molecule has 0 atom stereocenters. The van der Waals surface area contributed by atoms with E-state index in [-0.39, 0.29) is 5.91 Å². The predicted molar refractivity (Wildman–Crippen MR) is 133 cm³/mol. The van der Waals surface area contributed by atoms with Crippen molar-refractivity contribution in [1.82, 2.24) is 0 Å². The summed E-state index contributed by atoms with van der Waals surface area (Å²) in [6, 6.07) is 17.0. The van der Waals surface area contributed by atoms with Crippen molar-refractivity contribution < 1.29 is 28.5 Å². The Balaban J connectivity index is 1.77. The zero-order valence-electron chi connectivity index (χ0n) is 20.0. The highest BCUT2D eigenvalue weighted by Crippen LogP contribution is 2.38. The van der Waals surface area contributed by atoms with Crippen molar-refractivity contribution in [2.75, 3.05) is 33.8 Å². The number of amides is 1.